The summed E-state index contributed by atoms with van der Waals surface area (Å²) in [7, 11) is 1.57. The third-order valence-electron chi connectivity index (χ3n) is 5.97. The van der Waals surface area contributed by atoms with Crippen molar-refractivity contribution in [1.82, 2.24) is 5.32 Å². The van der Waals surface area contributed by atoms with Crippen molar-refractivity contribution in [1.29, 1.82) is 0 Å². The molecule has 0 fully saturated rings. The van der Waals surface area contributed by atoms with Crippen LogP contribution in [0.2, 0.25) is 5.02 Å². The molecule has 1 aliphatic carbocycles. The molecule has 3 atom stereocenters. The number of hydrogen-bond donors (Lipinski definition) is 1. The Balaban J connectivity index is 1.78. The number of ether oxygens (including phenoxy) is 2. The summed E-state index contributed by atoms with van der Waals surface area (Å²) in [5.74, 6) is 2.81. The van der Waals surface area contributed by atoms with Gasteiger partial charge in [0.1, 0.15) is 17.5 Å². The Bertz CT molecular complexity index is 1100. The van der Waals surface area contributed by atoms with Crippen molar-refractivity contribution < 1.29 is 19.1 Å². The molecule has 6 heteroatoms. The largest absolute Gasteiger partial charge is 0.497 e. The van der Waals surface area contributed by atoms with Crippen LogP contribution in [0.15, 0.2) is 84.2 Å². The van der Waals surface area contributed by atoms with E-state index in [-0.39, 0.29) is 23.8 Å². The molecule has 5 nitrogen and oxygen atoms in total. The predicted molar refractivity (Wildman–Crippen MR) is 134 cm³/mol. The zero-order valence-corrected chi connectivity index (χ0v) is 20.6. The maximum absolute atomic E-state index is 13.2. The molecule has 0 aromatic heterocycles. The van der Waals surface area contributed by atoms with E-state index >= 15 is 0 Å². The summed E-state index contributed by atoms with van der Waals surface area (Å²) in [6.07, 6.45) is 6.15. The molecule has 0 aliphatic heterocycles. The van der Waals surface area contributed by atoms with Crippen LogP contribution in [0.4, 0.5) is 0 Å². The van der Waals surface area contributed by atoms with Crippen molar-refractivity contribution in [3.8, 4) is 5.75 Å². The highest BCUT2D eigenvalue weighted by Gasteiger charge is 2.34. The molecular formula is C28H30ClNO4. The smallest absolute Gasteiger partial charge is 0.263 e. The van der Waals surface area contributed by atoms with Crippen LogP contribution >= 0.6 is 11.6 Å². The number of benzene rings is 2. The van der Waals surface area contributed by atoms with Gasteiger partial charge in [0.25, 0.3) is 5.91 Å². The Hall–Kier alpha value is -3.27. The first-order chi connectivity index (χ1) is 16.2. The lowest BCUT2D eigenvalue weighted by Gasteiger charge is -2.32. The fourth-order valence-electron chi connectivity index (χ4n) is 3.99. The SMILES string of the molecule is COC1=CC(=C=O)C(CC(c2ccccc2)C(C)NC(=O)C(C)(C)Oc2ccc(Cl)cc2)C=C1. The van der Waals surface area contributed by atoms with Crippen LogP contribution in [0.25, 0.3) is 0 Å². The lowest BCUT2D eigenvalue weighted by Crippen LogP contribution is -2.50. The Labute approximate surface area is 206 Å². The summed E-state index contributed by atoms with van der Waals surface area (Å²) in [6.45, 7) is 5.44. The Morgan fingerprint density at radius 1 is 1.15 bits per heavy atom. The van der Waals surface area contributed by atoms with Crippen LogP contribution < -0.4 is 10.1 Å². The van der Waals surface area contributed by atoms with Crippen molar-refractivity contribution in [2.75, 3.05) is 7.11 Å². The van der Waals surface area contributed by atoms with E-state index in [0.717, 1.165) is 5.56 Å². The highest BCUT2D eigenvalue weighted by molar-refractivity contribution is 6.30. The molecule has 0 radical (unpaired) electrons. The van der Waals surface area contributed by atoms with E-state index in [1.165, 1.54) is 0 Å². The highest BCUT2D eigenvalue weighted by Crippen LogP contribution is 2.34. The van der Waals surface area contributed by atoms with E-state index in [0.29, 0.717) is 28.5 Å². The molecule has 3 rings (SSSR count). The van der Waals surface area contributed by atoms with Crippen molar-refractivity contribution in [3.05, 3.63) is 94.7 Å². The van der Waals surface area contributed by atoms with Gasteiger partial charge in [-0.15, -0.1) is 0 Å². The van der Waals surface area contributed by atoms with E-state index in [1.807, 2.05) is 49.4 Å². The number of methoxy groups -OCH3 is 1. The molecule has 34 heavy (non-hydrogen) atoms. The topological polar surface area (TPSA) is 64.6 Å². The minimum absolute atomic E-state index is 0.0491. The average molecular weight is 480 g/mol. The third kappa shape index (κ3) is 6.40. The number of halogens is 1. The summed E-state index contributed by atoms with van der Waals surface area (Å²) >= 11 is 5.95. The van der Waals surface area contributed by atoms with Gasteiger partial charge in [-0.2, -0.15) is 0 Å². The van der Waals surface area contributed by atoms with Crippen LogP contribution in [-0.4, -0.2) is 30.6 Å². The number of rotatable bonds is 9. The summed E-state index contributed by atoms with van der Waals surface area (Å²) in [5, 5.41) is 3.73. The van der Waals surface area contributed by atoms with Crippen LogP contribution in [0.3, 0.4) is 0 Å². The lowest BCUT2D eigenvalue weighted by molar-refractivity contribution is -0.135. The average Bonchev–Trinajstić information content (AvgIpc) is 2.84. The maximum atomic E-state index is 13.2. The molecule has 178 valence electrons. The first kappa shape index (κ1) is 25.4. The minimum Gasteiger partial charge on any atom is -0.497 e. The van der Waals surface area contributed by atoms with Crippen LogP contribution in [-0.2, 0) is 14.3 Å². The van der Waals surface area contributed by atoms with Crippen LogP contribution in [0.5, 0.6) is 5.75 Å². The summed E-state index contributed by atoms with van der Waals surface area (Å²) in [6, 6.07) is 16.7. The fraction of sp³-hybridized carbons (Fsp3) is 0.321. The van der Waals surface area contributed by atoms with Gasteiger partial charge in [0.05, 0.1) is 7.11 Å². The van der Waals surface area contributed by atoms with Gasteiger partial charge in [-0.3, -0.25) is 4.79 Å². The molecule has 1 aliphatic rings. The molecule has 2 aromatic rings. The van der Waals surface area contributed by atoms with Crippen LogP contribution in [0, 0.1) is 5.92 Å². The van der Waals surface area contributed by atoms with Crippen molar-refractivity contribution >= 4 is 23.4 Å². The Morgan fingerprint density at radius 3 is 2.44 bits per heavy atom. The normalized spacial score (nSPS) is 17.3. The lowest BCUT2D eigenvalue weighted by atomic mass is 9.80. The van der Waals surface area contributed by atoms with Gasteiger partial charge < -0.3 is 14.8 Å². The first-order valence-corrected chi connectivity index (χ1v) is 11.6. The fourth-order valence-corrected chi connectivity index (χ4v) is 4.11. The van der Waals surface area contributed by atoms with Crippen molar-refractivity contribution in [2.45, 2.75) is 44.8 Å². The minimum atomic E-state index is -1.10. The van der Waals surface area contributed by atoms with Gasteiger partial charge in [-0.25, -0.2) is 4.79 Å². The van der Waals surface area contributed by atoms with E-state index in [2.05, 4.69) is 11.3 Å². The summed E-state index contributed by atoms with van der Waals surface area (Å²) in [5.41, 5.74) is 0.509. The Morgan fingerprint density at radius 2 is 1.82 bits per heavy atom. The first-order valence-electron chi connectivity index (χ1n) is 11.2. The Kier molecular flexibility index (Phi) is 8.38. The van der Waals surface area contributed by atoms with Crippen molar-refractivity contribution in [2.24, 2.45) is 5.92 Å². The number of hydrogen-bond acceptors (Lipinski definition) is 4. The molecule has 0 spiro atoms. The summed E-state index contributed by atoms with van der Waals surface area (Å²) < 4.78 is 11.2. The second-order valence-electron chi connectivity index (χ2n) is 8.86. The van der Waals surface area contributed by atoms with Gasteiger partial charge in [-0.05, 0) is 69.2 Å². The molecule has 1 N–H and O–H groups in total. The molecule has 0 heterocycles. The molecule has 0 saturated heterocycles. The summed E-state index contributed by atoms with van der Waals surface area (Å²) in [4.78, 5) is 24.8. The number of carbonyl (C=O) groups is 1. The maximum Gasteiger partial charge on any atom is 0.263 e. The van der Waals surface area contributed by atoms with E-state index in [9.17, 15) is 9.59 Å². The highest BCUT2D eigenvalue weighted by atomic mass is 35.5. The van der Waals surface area contributed by atoms with Crippen molar-refractivity contribution in [3.63, 3.8) is 0 Å². The predicted octanol–water partition coefficient (Wildman–Crippen LogP) is 5.65. The molecule has 3 unspecified atom stereocenters. The quantitative estimate of drug-likeness (QED) is 0.472. The van der Waals surface area contributed by atoms with Gasteiger partial charge in [0.2, 0.25) is 0 Å². The molecular weight excluding hydrogens is 450 g/mol. The van der Waals surface area contributed by atoms with Gasteiger partial charge in [0, 0.05) is 28.5 Å². The molecule has 2 aromatic carbocycles. The second kappa shape index (κ2) is 11.2. The number of carbonyl (C=O) groups excluding carboxylic acids is 2. The zero-order chi connectivity index (χ0) is 24.7. The zero-order valence-electron chi connectivity index (χ0n) is 19.9. The van der Waals surface area contributed by atoms with Gasteiger partial charge in [0.15, 0.2) is 5.60 Å². The van der Waals surface area contributed by atoms with Gasteiger partial charge in [-0.1, -0.05) is 48.0 Å². The second-order valence-corrected chi connectivity index (χ2v) is 9.29. The molecule has 0 bridgehead atoms. The van der Waals surface area contributed by atoms with Crippen LogP contribution in [0.1, 0.15) is 38.7 Å². The standard InChI is InChI=1S/C28H30ClNO4/c1-19(30-27(32)28(2,3)34-24-14-11-23(29)12-15-24)26(20-8-6-5-7-9-20)17-21-10-13-25(33-4)16-22(21)18-31/h5-16,19,21,26H,17H2,1-4H3,(H,30,32). The molecule has 0 saturated carbocycles. The van der Waals surface area contributed by atoms with Gasteiger partial charge >= 0.3 is 0 Å². The molecule has 1 amide bonds. The van der Waals surface area contributed by atoms with E-state index in [4.69, 9.17) is 21.1 Å². The van der Waals surface area contributed by atoms with E-state index < -0.39 is 5.60 Å². The monoisotopic (exact) mass is 479 g/mol. The third-order valence-corrected chi connectivity index (χ3v) is 6.23. The van der Waals surface area contributed by atoms with E-state index in [1.54, 1.807) is 51.3 Å². The number of allylic oxidation sites excluding steroid dienone is 4. The number of amides is 1. The number of nitrogens with one attached hydrogen (secondary N) is 1.